The molecular formula is C17H14N4O3S. The largest absolute Gasteiger partial charge is 0.508 e. The zero-order valence-electron chi connectivity index (χ0n) is 13.3. The molecule has 0 radical (unpaired) electrons. The van der Waals surface area contributed by atoms with Gasteiger partial charge in [-0.25, -0.2) is 14.3 Å². The molecule has 0 aliphatic heterocycles. The van der Waals surface area contributed by atoms with Crippen LogP contribution in [0.1, 0.15) is 18.1 Å². The van der Waals surface area contributed by atoms with E-state index in [4.69, 9.17) is 4.42 Å². The number of aromatic nitrogens is 4. The summed E-state index contributed by atoms with van der Waals surface area (Å²) in [6.07, 6.45) is 4.13. The smallest absolute Gasteiger partial charge is 0.336 e. The number of rotatable bonds is 4. The Kier molecular flexibility index (Phi) is 3.89. The van der Waals surface area contributed by atoms with E-state index in [9.17, 15) is 9.90 Å². The normalized spacial score (nSPS) is 11.4. The van der Waals surface area contributed by atoms with E-state index in [0.29, 0.717) is 28.7 Å². The number of nitrogens with zero attached hydrogens (tertiary/aromatic N) is 4. The first-order chi connectivity index (χ1) is 12.1. The molecule has 0 spiro atoms. The zero-order chi connectivity index (χ0) is 17.4. The maximum atomic E-state index is 11.8. The first-order valence-corrected chi connectivity index (χ1v) is 8.71. The Bertz CT molecular complexity index is 1100. The summed E-state index contributed by atoms with van der Waals surface area (Å²) in [6.45, 7) is 1.96. The van der Waals surface area contributed by atoms with E-state index in [0.717, 1.165) is 16.5 Å². The van der Waals surface area contributed by atoms with Gasteiger partial charge in [0, 0.05) is 35.7 Å². The summed E-state index contributed by atoms with van der Waals surface area (Å²) in [5.74, 6) is 1.17. The van der Waals surface area contributed by atoms with E-state index in [2.05, 4.69) is 15.1 Å². The van der Waals surface area contributed by atoms with Crippen molar-refractivity contribution in [3.05, 3.63) is 58.2 Å². The van der Waals surface area contributed by atoms with Gasteiger partial charge in [-0.1, -0.05) is 18.7 Å². The lowest BCUT2D eigenvalue weighted by atomic mass is 10.1. The standard InChI is InChI=1S/C17H14N4O3S/c1-2-10-6-12-11(7-15(23)24-14(12)8-13(10)22)9-25-17-19-16-18-4-3-5-21(16)20-17/h3-8,22H,2,9H2,1H3. The third-order valence-electron chi connectivity index (χ3n) is 3.86. The zero-order valence-corrected chi connectivity index (χ0v) is 14.2. The van der Waals surface area contributed by atoms with E-state index >= 15 is 0 Å². The number of phenolic OH excluding ortho intramolecular Hbond substituents is 1. The average Bonchev–Trinajstić information content (AvgIpc) is 3.02. The number of aryl methyl sites for hydroxylation is 1. The fourth-order valence-corrected chi connectivity index (χ4v) is 3.44. The highest BCUT2D eigenvalue weighted by molar-refractivity contribution is 7.98. The van der Waals surface area contributed by atoms with Gasteiger partial charge in [0.15, 0.2) is 0 Å². The molecule has 0 aliphatic carbocycles. The molecule has 1 N–H and O–H groups in total. The summed E-state index contributed by atoms with van der Waals surface area (Å²) >= 11 is 1.41. The van der Waals surface area contributed by atoms with E-state index in [1.807, 2.05) is 13.0 Å². The van der Waals surface area contributed by atoms with Crippen LogP contribution in [0.25, 0.3) is 16.7 Å². The van der Waals surface area contributed by atoms with Crippen molar-refractivity contribution in [1.82, 2.24) is 19.6 Å². The molecule has 0 amide bonds. The molecule has 25 heavy (non-hydrogen) atoms. The van der Waals surface area contributed by atoms with E-state index in [1.165, 1.54) is 23.9 Å². The van der Waals surface area contributed by atoms with Crippen molar-refractivity contribution in [3.8, 4) is 5.75 Å². The number of hydrogen-bond acceptors (Lipinski definition) is 7. The molecule has 0 fully saturated rings. The highest BCUT2D eigenvalue weighted by atomic mass is 32.2. The van der Waals surface area contributed by atoms with Gasteiger partial charge >= 0.3 is 5.63 Å². The van der Waals surface area contributed by atoms with Gasteiger partial charge in [0.2, 0.25) is 5.16 Å². The molecule has 8 heteroatoms. The van der Waals surface area contributed by atoms with Crippen molar-refractivity contribution in [1.29, 1.82) is 0 Å². The van der Waals surface area contributed by atoms with Gasteiger partial charge in [-0.2, -0.15) is 4.98 Å². The number of aromatic hydroxyl groups is 1. The molecule has 0 aliphatic rings. The summed E-state index contributed by atoms with van der Waals surface area (Å²) in [7, 11) is 0. The van der Waals surface area contributed by atoms with Crippen LogP contribution in [0.3, 0.4) is 0 Å². The van der Waals surface area contributed by atoms with Gasteiger partial charge < -0.3 is 9.52 Å². The predicted molar refractivity (Wildman–Crippen MR) is 93.9 cm³/mol. The van der Waals surface area contributed by atoms with Crippen molar-refractivity contribution >= 4 is 28.5 Å². The molecule has 0 unspecified atom stereocenters. The lowest BCUT2D eigenvalue weighted by molar-refractivity contribution is 0.466. The Balaban J connectivity index is 1.71. The van der Waals surface area contributed by atoms with E-state index < -0.39 is 5.63 Å². The quantitative estimate of drug-likeness (QED) is 0.445. The number of phenols is 1. The minimum Gasteiger partial charge on any atom is -0.508 e. The number of fused-ring (bicyclic) bond motifs is 2. The number of hydrogen-bond donors (Lipinski definition) is 1. The lowest BCUT2D eigenvalue weighted by Gasteiger charge is -2.07. The van der Waals surface area contributed by atoms with Gasteiger partial charge in [0.1, 0.15) is 11.3 Å². The number of thioether (sulfide) groups is 1. The third-order valence-corrected chi connectivity index (χ3v) is 4.75. The molecule has 0 saturated carbocycles. The molecule has 0 bridgehead atoms. The van der Waals surface area contributed by atoms with Crippen LogP contribution in [-0.4, -0.2) is 24.7 Å². The summed E-state index contributed by atoms with van der Waals surface area (Å²) in [5.41, 5.74) is 1.55. The second kappa shape index (κ2) is 6.21. The third kappa shape index (κ3) is 2.96. The van der Waals surface area contributed by atoms with Gasteiger partial charge in [0.25, 0.3) is 5.78 Å². The molecule has 7 nitrogen and oxygen atoms in total. The molecule has 4 rings (SSSR count). The minimum absolute atomic E-state index is 0.135. The van der Waals surface area contributed by atoms with Gasteiger partial charge in [-0.3, -0.25) is 0 Å². The maximum absolute atomic E-state index is 11.8. The van der Waals surface area contributed by atoms with Crippen LogP contribution in [-0.2, 0) is 12.2 Å². The van der Waals surface area contributed by atoms with Crippen LogP contribution >= 0.6 is 11.8 Å². The fourth-order valence-electron chi connectivity index (χ4n) is 2.63. The highest BCUT2D eigenvalue weighted by Gasteiger charge is 2.12. The summed E-state index contributed by atoms with van der Waals surface area (Å²) in [4.78, 5) is 20.3. The Morgan fingerprint density at radius 3 is 2.96 bits per heavy atom. The van der Waals surface area contributed by atoms with Crippen molar-refractivity contribution in [3.63, 3.8) is 0 Å². The van der Waals surface area contributed by atoms with E-state index in [1.54, 1.807) is 23.0 Å². The lowest BCUT2D eigenvalue weighted by Crippen LogP contribution is -2.00. The second-order valence-electron chi connectivity index (χ2n) is 5.47. The van der Waals surface area contributed by atoms with Crippen molar-refractivity contribution in [2.75, 3.05) is 0 Å². The van der Waals surface area contributed by atoms with Crippen LogP contribution in [0.4, 0.5) is 0 Å². The Morgan fingerprint density at radius 2 is 2.16 bits per heavy atom. The SMILES string of the molecule is CCc1cc2c(CSc3nc4ncccn4n3)cc(=O)oc2cc1O. The topological polar surface area (TPSA) is 93.5 Å². The molecule has 4 aromatic rings. The molecule has 3 heterocycles. The molecule has 1 aromatic carbocycles. The fraction of sp³-hybridized carbons (Fsp3) is 0.176. The molecule has 3 aromatic heterocycles. The first-order valence-electron chi connectivity index (χ1n) is 7.73. The van der Waals surface area contributed by atoms with Crippen molar-refractivity contribution < 1.29 is 9.52 Å². The van der Waals surface area contributed by atoms with E-state index in [-0.39, 0.29) is 5.75 Å². The van der Waals surface area contributed by atoms with Crippen molar-refractivity contribution in [2.45, 2.75) is 24.3 Å². The van der Waals surface area contributed by atoms with Gasteiger partial charge in [-0.05, 0) is 29.7 Å². The monoisotopic (exact) mass is 354 g/mol. The molecule has 126 valence electrons. The average molecular weight is 354 g/mol. The summed E-state index contributed by atoms with van der Waals surface area (Å²) < 4.78 is 6.82. The Labute approximate surface area is 146 Å². The van der Waals surface area contributed by atoms with Crippen molar-refractivity contribution in [2.24, 2.45) is 0 Å². The minimum atomic E-state index is -0.448. The van der Waals surface area contributed by atoms with Crippen LogP contribution in [0.15, 0.2) is 51.0 Å². The van der Waals surface area contributed by atoms with Crippen LogP contribution < -0.4 is 5.63 Å². The Morgan fingerprint density at radius 1 is 1.28 bits per heavy atom. The molecule has 0 atom stereocenters. The molecular weight excluding hydrogens is 340 g/mol. The maximum Gasteiger partial charge on any atom is 0.336 e. The van der Waals surface area contributed by atoms with Crippen LogP contribution in [0, 0.1) is 0 Å². The first kappa shape index (κ1) is 15.6. The van der Waals surface area contributed by atoms with Gasteiger partial charge in [0.05, 0.1) is 0 Å². The predicted octanol–water partition coefficient (Wildman–Crippen LogP) is 2.79. The summed E-state index contributed by atoms with van der Waals surface area (Å²) in [6, 6.07) is 6.61. The number of benzene rings is 1. The van der Waals surface area contributed by atoms with Gasteiger partial charge in [-0.15, -0.1) is 5.10 Å². The van der Waals surface area contributed by atoms with Crippen LogP contribution in [0.2, 0.25) is 0 Å². The molecule has 0 saturated heterocycles. The second-order valence-corrected chi connectivity index (χ2v) is 6.41. The summed E-state index contributed by atoms with van der Waals surface area (Å²) in [5, 5.41) is 15.7. The van der Waals surface area contributed by atoms with Crippen LogP contribution in [0.5, 0.6) is 5.75 Å². The Hall–Kier alpha value is -2.87. The highest BCUT2D eigenvalue weighted by Crippen LogP contribution is 2.29.